The number of carbonyl (C=O) groups excluding carboxylic acids is 2. The van der Waals surface area contributed by atoms with E-state index in [0.29, 0.717) is 37.6 Å². The van der Waals surface area contributed by atoms with Crippen molar-refractivity contribution in [3.8, 4) is 11.5 Å². The van der Waals surface area contributed by atoms with E-state index in [1.165, 1.54) is 4.90 Å². The molecule has 0 unspecified atom stereocenters. The van der Waals surface area contributed by atoms with Crippen molar-refractivity contribution in [2.24, 2.45) is 0 Å². The van der Waals surface area contributed by atoms with E-state index in [0.717, 1.165) is 17.0 Å². The second kappa shape index (κ2) is 9.93. The number of hydrogen-bond acceptors (Lipinski definition) is 5. The highest BCUT2D eigenvalue weighted by Gasteiger charge is 2.33. The van der Waals surface area contributed by atoms with Crippen molar-refractivity contribution in [1.82, 2.24) is 4.90 Å². The molecule has 0 aromatic heterocycles. The molecule has 0 radical (unpaired) electrons. The predicted octanol–water partition coefficient (Wildman–Crippen LogP) is 3.81. The fourth-order valence-corrected chi connectivity index (χ4v) is 4.44. The van der Waals surface area contributed by atoms with E-state index in [1.54, 1.807) is 19.3 Å². The summed E-state index contributed by atoms with van der Waals surface area (Å²) in [6.07, 6.45) is 1.71. The van der Waals surface area contributed by atoms with Crippen LogP contribution in [0.5, 0.6) is 11.5 Å². The first-order chi connectivity index (χ1) is 17.1. The molecule has 7 heteroatoms. The van der Waals surface area contributed by atoms with Gasteiger partial charge in [0.2, 0.25) is 5.91 Å². The monoisotopic (exact) mass is 469 g/mol. The van der Waals surface area contributed by atoms with E-state index in [2.05, 4.69) is 4.90 Å². The van der Waals surface area contributed by atoms with Gasteiger partial charge in [-0.3, -0.25) is 14.5 Å². The maximum atomic E-state index is 13.4. The number of anilines is 2. The van der Waals surface area contributed by atoms with Gasteiger partial charge in [-0.25, -0.2) is 0 Å². The van der Waals surface area contributed by atoms with E-state index >= 15 is 0 Å². The number of ether oxygens (including phenoxy) is 2. The Labute approximate surface area is 204 Å². The predicted molar refractivity (Wildman–Crippen MR) is 136 cm³/mol. The molecule has 0 spiro atoms. The Morgan fingerprint density at radius 2 is 1.54 bits per heavy atom. The second-order valence-corrected chi connectivity index (χ2v) is 8.42. The lowest BCUT2D eigenvalue weighted by Crippen LogP contribution is -2.52. The van der Waals surface area contributed by atoms with Crippen molar-refractivity contribution in [2.45, 2.75) is 0 Å². The van der Waals surface area contributed by atoms with Gasteiger partial charge in [0.1, 0.15) is 12.3 Å². The Kier molecular flexibility index (Phi) is 6.39. The summed E-state index contributed by atoms with van der Waals surface area (Å²) in [6, 6.07) is 24.7. The number of para-hydroxylation sites is 4. The molecule has 178 valence electrons. The molecule has 1 saturated heterocycles. The van der Waals surface area contributed by atoms with Gasteiger partial charge in [0.25, 0.3) is 5.91 Å². The van der Waals surface area contributed by atoms with Crippen molar-refractivity contribution in [3.05, 3.63) is 90.2 Å². The van der Waals surface area contributed by atoms with Crippen LogP contribution in [-0.4, -0.2) is 56.5 Å². The average Bonchev–Trinajstić information content (AvgIpc) is 2.91. The van der Waals surface area contributed by atoms with E-state index < -0.39 is 0 Å². The number of fused-ring (bicyclic) bond motifs is 1. The summed E-state index contributed by atoms with van der Waals surface area (Å²) in [4.78, 5) is 32.2. The lowest BCUT2D eigenvalue weighted by molar-refractivity contribution is -0.131. The van der Waals surface area contributed by atoms with Gasteiger partial charge in [0, 0.05) is 26.2 Å². The molecule has 0 saturated carbocycles. The fourth-order valence-electron chi connectivity index (χ4n) is 4.44. The number of piperazine rings is 1. The average molecular weight is 470 g/mol. The van der Waals surface area contributed by atoms with Gasteiger partial charge < -0.3 is 19.3 Å². The Balaban J connectivity index is 1.31. The molecule has 3 aromatic rings. The minimum Gasteiger partial charge on any atom is -0.495 e. The van der Waals surface area contributed by atoms with E-state index in [-0.39, 0.29) is 24.1 Å². The van der Waals surface area contributed by atoms with Crippen molar-refractivity contribution in [1.29, 1.82) is 0 Å². The molecule has 5 rings (SSSR count). The molecule has 0 atom stereocenters. The first kappa shape index (κ1) is 22.5. The van der Waals surface area contributed by atoms with Gasteiger partial charge in [-0.05, 0) is 35.9 Å². The molecule has 0 N–H and O–H groups in total. The largest absolute Gasteiger partial charge is 0.495 e. The number of amides is 2. The van der Waals surface area contributed by atoms with Crippen LogP contribution < -0.4 is 19.3 Å². The first-order valence-electron chi connectivity index (χ1n) is 11.7. The maximum Gasteiger partial charge on any atom is 0.294 e. The number of hydrogen-bond donors (Lipinski definition) is 0. The third-order valence-electron chi connectivity index (χ3n) is 6.28. The summed E-state index contributed by atoms with van der Waals surface area (Å²) in [6.45, 7) is 2.49. The highest BCUT2D eigenvalue weighted by Crippen LogP contribution is 2.35. The molecule has 1 fully saturated rings. The molecular formula is C28H27N3O4. The van der Waals surface area contributed by atoms with Crippen LogP contribution in [0.4, 0.5) is 11.4 Å². The van der Waals surface area contributed by atoms with Gasteiger partial charge >= 0.3 is 0 Å². The lowest BCUT2D eigenvalue weighted by Gasteiger charge is -2.38. The number of methoxy groups -OCH3 is 1. The highest BCUT2D eigenvalue weighted by atomic mass is 16.5. The highest BCUT2D eigenvalue weighted by molar-refractivity contribution is 6.12. The maximum absolute atomic E-state index is 13.4. The van der Waals surface area contributed by atoms with Crippen molar-refractivity contribution in [2.75, 3.05) is 49.6 Å². The summed E-state index contributed by atoms with van der Waals surface area (Å²) < 4.78 is 11.4. The van der Waals surface area contributed by atoms with Gasteiger partial charge in [-0.2, -0.15) is 0 Å². The van der Waals surface area contributed by atoms with Gasteiger partial charge in [-0.1, -0.05) is 54.6 Å². The van der Waals surface area contributed by atoms with Gasteiger partial charge in [0.05, 0.1) is 18.5 Å². The van der Waals surface area contributed by atoms with Crippen molar-refractivity contribution >= 4 is 29.3 Å². The van der Waals surface area contributed by atoms with Crippen LogP contribution >= 0.6 is 0 Å². The summed E-state index contributed by atoms with van der Waals surface area (Å²) in [7, 11) is 1.66. The Morgan fingerprint density at radius 3 is 2.29 bits per heavy atom. The van der Waals surface area contributed by atoms with Gasteiger partial charge in [-0.15, -0.1) is 0 Å². The van der Waals surface area contributed by atoms with Crippen LogP contribution in [0.1, 0.15) is 5.56 Å². The third-order valence-corrected chi connectivity index (χ3v) is 6.28. The molecule has 0 bridgehead atoms. The standard InChI is InChI=1S/C28H27N3O4/c1-34-24-13-7-5-11-22(24)29-15-17-30(18-16-29)27(32)20-31-23-12-6-8-14-25(23)35-26(28(31)33)19-21-9-3-2-4-10-21/h2-14,19H,15-18,20H2,1H3. The Bertz CT molecular complexity index is 1250. The zero-order valence-electron chi connectivity index (χ0n) is 19.6. The minimum absolute atomic E-state index is 0.0417. The van der Waals surface area contributed by atoms with Crippen molar-refractivity contribution in [3.63, 3.8) is 0 Å². The SMILES string of the molecule is COc1ccccc1N1CCN(C(=O)CN2C(=O)C(=Cc3ccccc3)Oc3ccccc32)CC1. The Morgan fingerprint density at radius 1 is 0.886 bits per heavy atom. The van der Waals surface area contributed by atoms with E-state index in [9.17, 15) is 9.59 Å². The zero-order valence-corrected chi connectivity index (χ0v) is 19.6. The number of benzene rings is 3. The third kappa shape index (κ3) is 4.71. The normalized spacial score (nSPS) is 16.7. The summed E-state index contributed by atoms with van der Waals surface area (Å²) >= 11 is 0. The van der Waals surface area contributed by atoms with Crippen LogP contribution in [0.15, 0.2) is 84.6 Å². The van der Waals surface area contributed by atoms with Crippen LogP contribution in [0, 0.1) is 0 Å². The molecule has 2 heterocycles. The molecule has 35 heavy (non-hydrogen) atoms. The van der Waals surface area contributed by atoms with E-state index in [1.807, 2.05) is 77.7 Å². The second-order valence-electron chi connectivity index (χ2n) is 8.42. The fraction of sp³-hybridized carbons (Fsp3) is 0.214. The summed E-state index contributed by atoms with van der Waals surface area (Å²) in [5.74, 6) is 1.16. The quantitative estimate of drug-likeness (QED) is 0.532. The molecule has 7 nitrogen and oxygen atoms in total. The smallest absolute Gasteiger partial charge is 0.294 e. The van der Waals surface area contributed by atoms with Crippen LogP contribution in [-0.2, 0) is 9.59 Å². The molecule has 0 aliphatic carbocycles. The molecule has 2 amide bonds. The topological polar surface area (TPSA) is 62.3 Å². The molecule has 2 aliphatic heterocycles. The number of carbonyl (C=O) groups is 2. The van der Waals surface area contributed by atoms with Crippen molar-refractivity contribution < 1.29 is 19.1 Å². The lowest BCUT2D eigenvalue weighted by atomic mass is 10.1. The molecule has 2 aliphatic rings. The number of rotatable bonds is 5. The first-order valence-corrected chi connectivity index (χ1v) is 11.7. The molecule has 3 aromatic carbocycles. The Hall–Kier alpha value is -4.26. The van der Waals surface area contributed by atoms with E-state index in [4.69, 9.17) is 9.47 Å². The van der Waals surface area contributed by atoms with Crippen LogP contribution in [0.3, 0.4) is 0 Å². The molecular weight excluding hydrogens is 442 g/mol. The summed E-state index contributed by atoms with van der Waals surface area (Å²) in [5, 5.41) is 0. The van der Waals surface area contributed by atoms with Crippen LogP contribution in [0.25, 0.3) is 6.08 Å². The van der Waals surface area contributed by atoms with Crippen LogP contribution in [0.2, 0.25) is 0 Å². The number of nitrogens with zero attached hydrogens (tertiary/aromatic N) is 3. The zero-order chi connectivity index (χ0) is 24.2. The van der Waals surface area contributed by atoms with Gasteiger partial charge in [0.15, 0.2) is 11.5 Å². The summed E-state index contributed by atoms with van der Waals surface area (Å²) in [5.41, 5.74) is 2.48. The minimum atomic E-state index is -0.325.